The Morgan fingerprint density at radius 3 is 2.57 bits per heavy atom. The Bertz CT molecular complexity index is 549. The Balaban J connectivity index is 1.95. The van der Waals surface area contributed by atoms with Gasteiger partial charge < -0.3 is 9.84 Å². The van der Waals surface area contributed by atoms with Crippen LogP contribution in [0.2, 0.25) is 0 Å². The van der Waals surface area contributed by atoms with E-state index in [9.17, 15) is 5.11 Å². The topological polar surface area (TPSA) is 60.2 Å². The molecule has 114 valence electrons. The van der Waals surface area contributed by atoms with Crippen LogP contribution in [0.4, 0.5) is 0 Å². The van der Waals surface area contributed by atoms with Crippen LogP contribution >= 0.6 is 0 Å². The molecule has 0 bridgehead atoms. The Morgan fingerprint density at radius 1 is 1.24 bits per heavy atom. The minimum atomic E-state index is -0.409. The summed E-state index contributed by atoms with van der Waals surface area (Å²) in [5, 5.41) is 14.0. The van der Waals surface area contributed by atoms with E-state index in [0.29, 0.717) is 18.9 Å². The maximum Gasteiger partial charge on any atom is 0.164 e. The summed E-state index contributed by atoms with van der Waals surface area (Å²) in [6.07, 6.45) is 1.86. The molecule has 5 heteroatoms. The largest absolute Gasteiger partial charge is 0.486 e. The highest BCUT2D eigenvalue weighted by Crippen LogP contribution is 2.20. The highest BCUT2D eigenvalue weighted by molar-refractivity contribution is 5.28. The van der Waals surface area contributed by atoms with Crippen LogP contribution in [-0.4, -0.2) is 19.9 Å². The molecule has 1 aromatic carbocycles. The van der Waals surface area contributed by atoms with Crippen molar-refractivity contribution in [2.24, 2.45) is 5.92 Å². The van der Waals surface area contributed by atoms with Gasteiger partial charge in [0.25, 0.3) is 0 Å². The first-order chi connectivity index (χ1) is 10.1. The normalized spacial score (nSPS) is 12.6. The zero-order valence-corrected chi connectivity index (χ0v) is 12.9. The second-order valence-electron chi connectivity index (χ2n) is 5.53. The van der Waals surface area contributed by atoms with Crippen molar-refractivity contribution in [1.29, 1.82) is 0 Å². The molecule has 0 aliphatic carbocycles. The van der Waals surface area contributed by atoms with Crippen molar-refractivity contribution in [1.82, 2.24) is 14.8 Å². The van der Waals surface area contributed by atoms with Gasteiger partial charge in [-0.3, -0.25) is 0 Å². The molecule has 0 amide bonds. The smallest absolute Gasteiger partial charge is 0.164 e. The standard InChI is InChI=1S/C16H23N3O2/c1-4-15(20)13-5-7-14(8-6-13)21-10-16-17-11-18-19(16)9-12(2)3/h5-8,11-12,15,20H,4,9-10H2,1-3H3/t15-/m1/s1. The number of hydrogen-bond acceptors (Lipinski definition) is 4. The number of aliphatic hydroxyl groups excluding tert-OH is 1. The van der Waals surface area contributed by atoms with Crippen LogP contribution in [0.25, 0.3) is 0 Å². The van der Waals surface area contributed by atoms with Crippen LogP contribution in [0.5, 0.6) is 5.75 Å². The van der Waals surface area contributed by atoms with Crippen molar-refractivity contribution in [3.05, 3.63) is 42.0 Å². The average Bonchev–Trinajstić information content (AvgIpc) is 2.91. The fourth-order valence-electron chi connectivity index (χ4n) is 2.07. The molecule has 1 heterocycles. The van der Waals surface area contributed by atoms with Gasteiger partial charge in [-0.25, -0.2) is 9.67 Å². The molecule has 0 saturated carbocycles. The number of aliphatic hydroxyl groups is 1. The first-order valence-corrected chi connectivity index (χ1v) is 7.37. The third-order valence-electron chi connectivity index (χ3n) is 3.25. The number of hydrogen-bond donors (Lipinski definition) is 1. The molecule has 1 atom stereocenters. The van der Waals surface area contributed by atoms with Crippen LogP contribution in [0, 0.1) is 5.92 Å². The summed E-state index contributed by atoms with van der Waals surface area (Å²) in [5.41, 5.74) is 0.910. The average molecular weight is 289 g/mol. The van der Waals surface area contributed by atoms with Gasteiger partial charge in [-0.15, -0.1) is 0 Å². The molecule has 2 aromatic rings. The van der Waals surface area contributed by atoms with Gasteiger partial charge in [0.2, 0.25) is 0 Å². The predicted molar refractivity (Wildman–Crippen MR) is 80.9 cm³/mol. The molecule has 1 N–H and O–H groups in total. The summed E-state index contributed by atoms with van der Waals surface area (Å²) in [7, 11) is 0. The van der Waals surface area contributed by atoms with E-state index >= 15 is 0 Å². The summed E-state index contributed by atoms with van der Waals surface area (Å²) < 4.78 is 7.61. The summed E-state index contributed by atoms with van der Waals surface area (Å²) in [4.78, 5) is 4.23. The van der Waals surface area contributed by atoms with Gasteiger partial charge >= 0.3 is 0 Å². The summed E-state index contributed by atoms with van der Waals surface area (Å²) in [6, 6.07) is 7.53. The number of ether oxygens (including phenoxy) is 1. The predicted octanol–water partition coefficient (Wildman–Crippen LogP) is 2.96. The Labute approximate surface area is 125 Å². The van der Waals surface area contributed by atoms with Crippen molar-refractivity contribution < 1.29 is 9.84 Å². The van der Waals surface area contributed by atoms with Crippen LogP contribution in [-0.2, 0) is 13.2 Å². The minimum absolute atomic E-state index is 0.391. The van der Waals surface area contributed by atoms with Crippen molar-refractivity contribution in [2.75, 3.05) is 0 Å². The van der Waals surface area contributed by atoms with Gasteiger partial charge in [-0.2, -0.15) is 5.10 Å². The zero-order chi connectivity index (χ0) is 15.2. The molecular weight excluding hydrogens is 266 g/mol. The van der Waals surface area contributed by atoms with E-state index in [0.717, 1.165) is 23.7 Å². The van der Waals surface area contributed by atoms with E-state index in [1.54, 1.807) is 6.33 Å². The fourth-order valence-corrected chi connectivity index (χ4v) is 2.07. The Kier molecular flexibility index (Phi) is 5.33. The van der Waals surface area contributed by atoms with Crippen LogP contribution in [0.1, 0.15) is 44.7 Å². The minimum Gasteiger partial charge on any atom is -0.486 e. The number of rotatable bonds is 7. The number of nitrogens with zero attached hydrogens (tertiary/aromatic N) is 3. The van der Waals surface area contributed by atoms with Crippen molar-refractivity contribution in [3.8, 4) is 5.75 Å². The molecule has 0 aliphatic rings. The molecule has 0 spiro atoms. The highest BCUT2D eigenvalue weighted by atomic mass is 16.5. The lowest BCUT2D eigenvalue weighted by Crippen LogP contribution is -2.12. The van der Waals surface area contributed by atoms with E-state index < -0.39 is 6.10 Å². The third-order valence-corrected chi connectivity index (χ3v) is 3.25. The second kappa shape index (κ2) is 7.22. The van der Waals surface area contributed by atoms with Crippen LogP contribution < -0.4 is 4.74 Å². The maximum atomic E-state index is 9.76. The highest BCUT2D eigenvalue weighted by Gasteiger charge is 2.08. The number of benzene rings is 1. The molecule has 0 aliphatic heterocycles. The lowest BCUT2D eigenvalue weighted by atomic mass is 10.1. The zero-order valence-electron chi connectivity index (χ0n) is 12.9. The van der Waals surface area contributed by atoms with Gasteiger partial charge in [0.05, 0.1) is 6.10 Å². The van der Waals surface area contributed by atoms with Gasteiger partial charge in [0.15, 0.2) is 5.82 Å². The Morgan fingerprint density at radius 2 is 1.95 bits per heavy atom. The summed E-state index contributed by atoms with van der Waals surface area (Å²) >= 11 is 0. The van der Waals surface area contributed by atoms with Gasteiger partial charge in [0, 0.05) is 6.54 Å². The molecule has 0 radical (unpaired) electrons. The molecule has 1 aromatic heterocycles. The lowest BCUT2D eigenvalue weighted by molar-refractivity contribution is 0.173. The van der Waals surface area contributed by atoms with E-state index in [2.05, 4.69) is 23.9 Å². The van der Waals surface area contributed by atoms with Crippen molar-refractivity contribution >= 4 is 0 Å². The van der Waals surface area contributed by atoms with Crippen LogP contribution in [0.15, 0.2) is 30.6 Å². The van der Waals surface area contributed by atoms with E-state index in [4.69, 9.17) is 4.74 Å². The second-order valence-corrected chi connectivity index (χ2v) is 5.53. The van der Waals surface area contributed by atoms with Crippen LogP contribution in [0.3, 0.4) is 0 Å². The number of aromatic nitrogens is 3. The van der Waals surface area contributed by atoms with Gasteiger partial charge in [-0.05, 0) is 30.0 Å². The molecule has 0 saturated heterocycles. The van der Waals surface area contributed by atoms with E-state index in [1.807, 2.05) is 35.9 Å². The maximum absolute atomic E-state index is 9.76. The first-order valence-electron chi connectivity index (χ1n) is 7.37. The SMILES string of the molecule is CC[C@@H](O)c1ccc(OCc2ncnn2CC(C)C)cc1. The summed E-state index contributed by atoms with van der Waals surface area (Å²) in [6.45, 7) is 7.47. The quantitative estimate of drug-likeness (QED) is 0.851. The fraction of sp³-hybridized carbons (Fsp3) is 0.500. The van der Waals surface area contributed by atoms with Crippen molar-refractivity contribution in [3.63, 3.8) is 0 Å². The van der Waals surface area contributed by atoms with E-state index in [-0.39, 0.29) is 0 Å². The monoisotopic (exact) mass is 289 g/mol. The Hall–Kier alpha value is -1.88. The van der Waals surface area contributed by atoms with Gasteiger partial charge in [0.1, 0.15) is 18.7 Å². The molecular formula is C16H23N3O2. The molecule has 21 heavy (non-hydrogen) atoms. The molecule has 0 fully saturated rings. The molecule has 0 unspecified atom stereocenters. The van der Waals surface area contributed by atoms with Crippen molar-refractivity contribution in [2.45, 2.75) is 46.4 Å². The lowest BCUT2D eigenvalue weighted by Gasteiger charge is -2.11. The third kappa shape index (κ3) is 4.29. The summed E-state index contributed by atoms with van der Waals surface area (Å²) in [5.74, 6) is 2.10. The first kappa shape index (κ1) is 15.5. The van der Waals surface area contributed by atoms with Gasteiger partial charge in [-0.1, -0.05) is 32.9 Å². The molecule has 5 nitrogen and oxygen atoms in total. The molecule has 2 rings (SSSR count). The van der Waals surface area contributed by atoms with E-state index in [1.165, 1.54) is 0 Å².